The summed E-state index contributed by atoms with van der Waals surface area (Å²) in [5, 5.41) is 0. The van der Waals surface area contributed by atoms with E-state index in [0.29, 0.717) is 17.7 Å². The highest BCUT2D eigenvalue weighted by Gasteiger charge is 2.17. The fourth-order valence-electron chi connectivity index (χ4n) is 1.46. The van der Waals surface area contributed by atoms with Gasteiger partial charge in [0, 0.05) is 10.5 Å². The summed E-state index contributed by atoms with van der Waals surface area (Å²) < 4.78 is 4.99. The van der Waals surface area contributed by atoms with E-state index >= 15 is 0 Å². The number of Topliss-reactive ketones (excluding diaryl/α,β-unsaturated/α-hetero) is 1. The second-order valence-electron chi connectivity index (χ2n) is 3.62. The molecule has 0 saturated heterocycles. The highest BCUT2D eigenvalue weighted by Crippen LogP contribution is 2.24. The molecule has 0 saturated carbocycles. The van der Waals surface area contributed by atoms with Crippen molar-refractivity contribution in [3.63, 3.8) is 0 Å². The Bertz CT molecular complexity index is 458. The molecule has 1 unspecified atom stereocenters. The van der Waals surface area contributed by atoms with Crippen molar-refractivity contribution in [3.05, 3.63) is 29.3 Å². The molecular weight excluding hydrogens is 316 g/mol. The van der Waals surface area contributed by atoms with Crippen LogP contribution in [0.25, 0.3) is 0 Å². The molecule has 0 aromatic heterocycles. The van der Waals surface area contributed by atoms with Crippen LogP contribution >= 0.6 is 27.7 Å². The van der Waals surface area contributed by atoms with Crippen LogP contribution in [0.5, 0.6) is 0 Å². The molecule has 1 aromatic carbocycles. The molecule has 0 amide bonds. The van der Waals surface area contributed by atoms with E-state index in [1.54, 1.807) is 32.0 Å². The number of hydrogen-bond donors (Lipinski definition) is 0. The summed E-state index contributed by atoms with van der Waals surface area (Å²) in [5.74, 6) is -0.438. The number of esters is 1. The lowest BCUT2D eigenvalue weighted by atomic mass is 10.1. The third-order valence-electron chi connectivity index (χ3n) is 2.34. The maximum absolute atomic E-state index is 11.9. The van der Waals surface area contributed by atoms with Gasteiger partial charge in [0.25, 0.3) is 0 Å². The van der Waals surface area contributed by atoms with Crippen molar-refractivity contribution in [2.75, 3.05) is 12.9 Å². The lowest BCUT2D eigenvalue weighted by molar-refractivity contribution is 0.0522. The highest BCUT2D eigenvalue weighted by molar-refractivity contribution is 9.10. The molecule has 98 valence electrons. The quantitative estimate of drug-likeness (QED) is 0.358. The molecule has 1 aromatic rings. The second kappa shape index (κ2) is 6.95. The smallest absolute Gasteiger partial charge is 0.339 e. The van der Waals surface area contributed by atoms with Gasteiger partial charge in [0.1, 0.15) is 0 Å². The zero-order valence-electron chi connectivity index (χ0n) is 10.5. The summed E-state index contributed by atoms with van der Waals surface area (Å²) in [6.45, 7) is 3.83. The minimum atomic E-state index is -0.390. The van der Waals surface area contributed by atoms with Crippen LogP contribution in [0.15, 0.2) is 23.1 Å². The third kappa shape index (κ3) is 3.59. The summed E-state index contributed by atoms with van der Waals surface area (Å²) in [4.78, 5) is 24.2. The predicted octanol–water partition coefficient (Wildman–Crippen LogP) is 3.55. The van der Waals surface area contributed by atoms with Gasteiger partial charge < -0.3 is 4.74 Å². The van der Waals surface area contributed by atoms with Crippen molar-refractivity contribution in [2.24, 2.45) is 0 Å². The molecule has 18 heavy (non-hydrogen) atoms. The highest BCUT2D eigenvalue weighted by atomic mass is 79.9. The van der Waals surface area contributed by atoms with E-state index in [0.717, 1.165) is 4.90 Å². The third-order valence-corrected chi connectivity index (χ3v) is 3.55. The van der Waals surface area contributed by atoms with Gasteiger partial charge in [0.15, 0.2) is 5.78 Å². The Kier molecular flexibility index (Phi) is 5.88. The molecule has 0 spiro atoms. The van der Waals surface area contributed by atoms with Gasteiger partial charge >= 0.3 is 5.97 Å². The van der Waals surface area contributed by atoms with Gasteiger partial charge in [0.05, 0.1) is 17.0 Å². The first-order valence-corrected chi connectivity index (χ1v) is 7.68. The van der Waals surface area contributed by atoms with Crippen LogP contribution in [0.1, 0.15) is 34.6 Å². The van der Waals surface area contributed by atoms with Crippen molar-refractivity contribution < 1.29 is 14.3 Å². The van der Waals surface area contributed by atoms with E-state index < -0.39 is 5.97 Å². The number of ether oxygens (including phenoxy) is 1. The SMILES string of the molecule is CCOC(=O)c1cc(C(=O)C(C)Br)ccc1SC. The van der Waals surface area contributed by atoms with E-state index in [1.807, 2.05) is 6.26 Å². The van der Waals surface area contributed by atoms with Gasteiger partial charge in [-0.25, -0.2) is 4.79 Å². The zero-order chi connectivity index (χ0) is 13.7. The number of halogens is 1. The van der Waals surface area contributed by atoms with E-state index in [2.05, 4.69) is 15.9 Å². The number of rotatable bonds is 5. The number of carbonyl (C=O) groups is 2. The Morgan fingerprint density at radius 3 is 2.61 bits per heavy atom. The summed E-state index contributed by atoms with van der Waals surface area (Å²) >= 11 is 4.69. The van der Waals surface area contributed by atoms with Crippen molar-refractivity contribution >= 4 is 39.4 Å². The summed E-state index contributed by atoms with van der Waals surface area (Å²) in [5.41, 5.74) is 0.962. The Morgan fingerprint density at radius 2 is 2.11 bits per heavy atom. The minimum absolute atomic E-state index is 0.0480. The number of benzene rings is 1. The minimum Gasteiger partial charge on any atom is -0.462 e. The van der Waals surface area contributed by atoms with Crippen LogP contribution in [0.4, 0.5) is 0 Å². The van der Waals surface area contributed by atoms with Crippen molar-refractivity contribution in [3.8, 4) is 0 Å². The van der Waals surface area contributed by atoms with Crippen molar-refractivity contribution in [1.82, 2.24) is 0 Å². The maximum atomic E-state index is 11.9. The van der Waals surface area contributed by atoms with Crippen LogP contribution in [0.2, 0.25) is 0 Å². The molecule has 0 N–H and O–H groups in total. The lowest BCUT2D eigenvalue weighted by Crippen LogP contribution is -2.13. The largest absolute Gasteiger partial charge is 0.462 e. The van der Waals surface area contributed by atoms with Crippen LogP contribution in [-0.4, -0.2) is 29.4 Å². The molecule has 5 heteroatoms. The summed E-state index contributed by atoms with van der Waals surface area (Å²) in [6.07, 6.45) is 1.88. The Labute approximate surface area is 119 Å². The molecule has 0 aliphatic rings. The molecular formula is C13H15BrO3S. The fourth-order valence-corrected chi connectivity index (χ4v) is 2.29. The number of alkyl halides is 1. The van der Waals surface area contributed by atoms with Crippen LogP contribution < -0.4 is 0 Å². The summed E-state index contributed by atoms with van der Waals surface area (Å²) in [6, 6.07) is 5.11. The zero-order valence-corrected chi connectivity index (χ0v) is 12.9. The molecule has 0 aliphatic heterocycles. The summed E-state index contributed by atoms with van der Waals surface area (Å²) in [7, 11) is 0. The Hall–Kier alpha value is -0.810. The average Bonchev–Trinajstić information content (AvgIpc) is 2.37. The van der Waals surface area contributed by atoms with Crippen LogP contribution in [0, 0.1) is 0 Å². The molecule has 0 fully saturated rings. The van der Waals surface area contributed by atoms with Gasteiger partial charge in [-0.1, -0.05) is 22.0 Å². The topological polar surface area (TPSA) is 43.4 Å². The molecule has 0 heterocycles. The number of ketones is 1. The van der Waals surface area contributed by atoms with E-state index in [9.17, 15) is 9.59 Å². The van der Waals surface area contributed by atoms with Gasteiger partial charge in [-0.15, -0.1) is 11.8 Å². The predicted molar refractivity (Wildman–Crippen MR) is 76.9 cm³/mol. The van der Waals surface area contributed by atoms with Crippen molar-refractivity contribution in [2.45, 2.75) is 23.6 Å². The monoisotopic (exact) mass is 330 g/mol. The Balaban J connectivity index is 3.17. The molecule has 0 bridgehead atoms. The first kappa shape index (κ1) is 15.2. The van der Waals surface area contributed by atoms with Gasteiger partial charge in [-0.2, -0.15) is 0 Å². The van der Waals surface area contributed by atoms with Gasteiger partial charge in [0.2, 0.25) is 0 Å². The first-order valence-electron chi connectivity index (χ1n) is 5.54. The number of carbonyl (C=O) groups excluding carboxylic acids is 2. The second-order valence-corrected chi connectivity index (χ2v) is 5.84. The van der Waals surface area contributed by atoms with Gasteiger partial charge in [-0.05, 0) is 32.2 Å². The maximum Gasteiger partial charge on any atom is 0.339 e. The van der Waals surface area contributed by atoms with Crippen LogP contribution in [0.3, 0.4) is 0 Å². The number of thioether (sulfide) groups is 1. The Morgan fingerprint density at radius 1 is 1.44 bits per heavy atom. The molecule has 0 aliphatic carbocycles. The fraction of sp³-hybridized carbons (Fsp3) is 0.385. The molecule has 0 radical (unpaired) electrons. The van der Waals surface area contributed by atoms with Crippen LogP contribution in [-0.2, 0) is 4.74 Å². The van der Waals surface area contributed by atoms with Crippen molar-refractivity contribution in [1.29, 1.82) is 0 Å². The normalized spacial score (nSPS) is 12.0. The van der Waals surface area contributed by atoms with Gasteiger partial charge in [-0.3, -0.25) is 4.79 Å². The molecule has 1 atom stereocenters. The average molecular weight is 331 g/mol. The van der Waals surface area contributed by atoms with E-state index in [1.165, 1.54) is 11.8 Å². The first-order chi connectivity index (χ1) is 8.51. The standard InChI is InChI=1S/C13H15BrO3S/c1-4-17-13(16)10-7-9(12(15)8(2)14)5-6-11(10)18-3/h5-8H,4H2,1-3H3. The molecule has 3 nitrogen and oxygen atoms in total. The number of hydrogen-bond acceptors (Lipinski definition) is 4. The van der Waals surface area contributed by atoms with E-state index in [-0.39, 0.29) is 10.6 Å². The lowest BCUT2D eigenvalue weighted by Gasteiger charge is -2.09. The molecule has 1 rings (SSSR count). The van der Waals surface area contributed by atoms with E-state index in [4.69, 9.17) is 4.74 Å².